The van der Waals surface area contributed by atoms with Gasteiger partial charge in [-0.25, -0.2) is 4.79 Å². The number of hydrogen-bond acceptors (Lipinski definition) is 2. The predicted octanol–water partition coefficient (Wildman–Crippen LogP) is 2.46. The second-order valence-corrected chi connectivity index (χ2v) is 4.36. The van der Waals surface area contributed by atoms with Gasteiger partial charge >= 0.3 is 5.97 Å². The summed E-state index contributed by atoms with van der Waals surface area (Å²) in [5, 5.41) is 15.7. The maximum Gasteiger partial charge on any atom is 0.357 e. The topological polar surface area (TPSA) is 66.0 Å². The van der Waals surface area contributed by atoms with Crippen LogP contribution in [-0.2, 0) is 6.42 Å². The van der Waals surface area contributed by atoms with Crippen LogP contribution in [0.25, 0.3) is 6.08 Å². The third-order valence-electron chi connectivity index (χ3n) is 3.20. The Bertz CT molecular complexity index is 614. The minimum Gasteiger partial charge on any atom is -0.476 e. The fraction of sp³-hybridized carbons (Fsp3) is 0.143. The molecule has 0 spiro atoms. The van der Waals surface area contributed by atoms with Crippen LogP contribution >= 0.6 is 0 Å². The number of carboxylic acid groups (broad SMARTS) is 1. The molecule has 90 valence electrons. The molecule has 0 saturated carbocycles. The first-order valence-electron chi connectivity index (χ1n) is 5.79. The summed E-state index contributed by atoms with van der Waals surface area (Å²) < 4.78 is 0. The van der Waals surface area contributed by atoms with Crippen LogP contribution in [0.15, 0.2) is 36.4 Å². The molecule has 1 aromatic heterocycles. The van der Waals surface area contributed by atoms with E-state index < -0.39 is 5.97 Å². The number of H-pyrrole nitrogens is 1. The Morgan fingerprint density at radius 2 is 2.11 bits per heavy atom. The summed E-state index contributed by atoms with van der Waals surface area (Å²) >= 11 is 0. The predicted molar refractivity (Wildman–Crippen MR) is 67.5 cm³/mol. The third kappa shape index (κ3) is 1.72. The second kappa shape index (κ2) is 4.14. The van der Waals surface area contributed by atoms with Crippen LogP contribution < -0.4 is 0 Å². The molecule has 0 saturated heterocycles. The molecule has 0 aliphatic heterocycles. The first-order valence-corrected chi connectivity index (χ1v) is 5.79. The number of aromatic amines is 1. The summed E-state index contributed by atoms with van der Waals surface area (Å²) in [7, 11) is 0. The number of allylic oxidation sites excluding steroid dienone is 1. The van der Waals surface area contributed by atoms with Crippen molar-refractivity contribution in [2.24, 2.45) is 0 Å². The fourth-order valence-corrected chi connectivity index (χ4v) is 2.33. The lowest BCUT2D eigenvalue weighted by molar-refractivity contribution is 0.0690. The number of rotatable bonds is 3. The fourth-order valence-electron chi connectivity index (χ4n) is 2.33. The molecule has 1 atom stereocenters. The Hall–Kier alpha value is -2.36. The zero-order chi connectivity index (χ0) is 12.5. The summed E-state index contributed by atoms with van der Waals surface area (Å²) in [6.45, 7) is 0. The highest BCUT2D eigenvalue weighted by Gasteiger charge is 2.25. The van der Waals surface area contributed by atoms with E-state index in [2.05, 4.69) is 22.3 Å². The molecule has 2 aromatic rings. The molecule has 1 unspecified atom stereocenters. The van der Waals surface area contributed by atoms with Crippen molar-refractivity contribution in [2.45, 2.75) is 12.3 Å². The monoisotopic (exact) mass is 240 g/mol. The van der Waals surface area contributed by atoms with Gasteiger partial charge in [0.05, 0.1) is 5.69 Å². The van der Waals surface area contributed by atoms with Crippen molar-refractivity contribution in [3.63, 3.8) is 0 Å². The first kappa shape index (κ1) is 10.8. The molecule has 1 aromatic carbocycles. The lowest BCUT2D eigenvalue weighted by Crippen LogP contribution is -1.99. The highest BCUT2D eigenvalue weighted by Crippen LogP contribution is 2.32. The highest BCUT2D eigenvalue weighted by molar-refractivity contribution is 5.91. The lowest BCUT2D eigenvalue weighted by Gasteiger charge is -2.07. The minimum absolute atomic E-state index is 0.108. The van der Waals surface area contributed by atoms with Crippen molar-refractivity contribution < 1.29 is 9.90 Å². The average Bonchev–Trinajstić information content (AvgIpc) is 2.93. The van der Waals surface area contributed by atoms with Gasteiger partial charge in [-0.3, -0.25) is 5.10 Å². The number of nitrogens with zero attached hydrogens (tertiary/aromatic N) is 1. The van der Waals surface area contributed by atoms with Gasteiger partial charge in [0, 0.05) is 11.5 Å². The molecule has 4 heteroatoms. The van der Waals surface area contributed by atoms with Crippen LogP contribution in [0.2, 0.25) is 0 Å². The largest absolute Gasteiger partial charge is 0.476 e. The van der Waals surface area contributed by atoms with Gasteiger partial charge in [0.2, 0.25) is 0 Å². The molecule has 1 heterocycles. The van der Waals surface area contributed by atoms with Crippen molar-refractivity contribution in [2.75, 3.05) is 0 Å². The van der Waals surface area contributed by atoms with Crippen LogP contribution in [0.3, 0.4) is 0 Å². The van der Waals surface area contributed by atoms with E-state index in [0.29, 0.717) is 5.56 Å². The Morgan fingerprint density at radius 1 is 1.33 bits per heavy atom. The number of benzene rings is 1. The van der Waals surface area contributed by atoms with Crippen molar-refractivity contribution in [1.82, 2.24) is 10.2 Å². The van der Waals surface area contributed by atoms with E-state index in [1.165, 1.54) is 5.56 Å². The Morgan fingerprint density at radius 3 is 2.83 bits per heavy atom. The maximum atomic E-state index is 11.0. The average molecular weight is 240 g/mol. The molecule has 1 aliphatic carbocycles. The Balaban J connectivity index is 1.88. The summed E-state index contributed by atoms with van der Waals surface area (Å²) in [6.07, 6.45) is 4.73. The number of fused-ring (bicyclic) bond motifs is 1. The molecular weight excluding hydrogens is 228 g/mol. The van der Waals surface area contributed by atoms with E-state index in [4.69, 9.17) is 5.11 Å². The van der Waals surface area contributed by atoms with Crippen LogP contribution in [-0.4, -0.2) is 21.3 Å². The van der Waals surface area contributed by atoms with E-state index >= 15 is 0 Å². The van der Waals surface area contributed by atoms with Gasteiger partial charge in [0.25, 0.3) is 0 Å². The molecule has 0 fully saturated rings. The van der Waals surface area contributed by atoms with Crippen molar-refractivity contribution >= 4 is 12.0 Å². The quantitative estimate of drug-likeness (QED) is 0.866. The number of carboxylic acids is 1. The van der Waals surface area contributed by atoms with Crippen LogP contribution in [0.1, 0.15) is 33.2 Å². The molecule has 0 bridgehead atoms. The minimum atomic E-state index is -0.988. The van der Waals surface area contributed by atoms with Gasteiger partial charge in [-0.2, -0.15) is 5.10 Å². The molecular formula is C14H12N2O2. The van der Waals surface area contributed by atoms with Crippen molar-refractivity contribution in [1.29, 1.82) is 0 Å². The van der Waals surface area contributed by atoms with Crippen LogP contribution in [0.5, 0.6) is 0 Å². The van der Waals surface area contributed by atoms with Gasteiger partial charge in [0.1, 0.15) is 0 Å². The van der Waals surface area contributed by atoms with Gasteiger partial charge in [-0.1, -0.05) is 42.5 Å². The standard InChI is InChI=1S/C14H12N2O2/c17-14(18)13-11-7-6-10(12(11)15-16-13)8-9-4-2-1-3-5-9/h1-7,10H,8H2,(H,15,16)(H,17,18). The molecule has 1 aliphatic rings. The summed E-state index contributed by atoms with van der Waals surface area (Å²) in [4.78, 5) is 11.0. The SMILES string of the molecule is O=C(O)c1n[nH]c2c1C=CC2Cc1ccccc1. The molecule has 18 heavy (non-hydrogen) atoms. The third-order valence-corrected chi connectivity index (χ3v) is 3.20. The van der Waals surface area contributed by atoms with E-state index in [1.54, 1.807) is 0 Å². The van der Waals surface area contributed by atoms with E-state index in [-0.39, 0.29) is 11.6 Å². The number of carbonyl (C=O) groups is 1. The Labute approximate surface area is 104 Å². The van der Waals surface area contributed by atoms with Crippen LogP contribution in [0, 0.1) is 0 Å². The maximum absolute atomic E-state index is 11.0. The lowest BCUT2D eigenvalue weighted by atomic mass is 9.98. The summed E-state index contributed by atoms with van der Waals surface area (Å²) in [6, 6.07) is 10.1. The van der Waals surface area contributed by atoms with Gasteiger partial charge in [-0.05, 0) is 12.0 Å². The molecule has 4 nitrogen and oxygen atoms in total. The number of aromatic carboxylic acids is 1. The number of nitrogens with one attached hydrogen (secondary N) is 1. The zero-order valence-electron chi connectivity index (χ0n) is 9.63. The smallest absolute Gasteiger partial charge is 0.357 e. The van der Waals surface area contributed by atoms with Crippen molar-refractivity contribution in [3.05, 3.63) is 58.9 Å². The molecule has 2 N–H and O–H groups in total. The van der Waals surface area contributed by atoms with Gasteiger partial charge in [-0.15, -0.1) is 0 Å². The van der Waals surface area contributed by atoms with Gasteiger partial charge < -0.3 is 5.11 Å². The summed E-state index contributed by atoms with van der Waals surface area (Å²) in [5.41, 5.74) is 2.95. The van der Waals surface area contributed by atoms with Crippen LogP contribution in [0.4, 0.5) is 0 Å². The number of hydrogen-bond donors (Lipinski definition) is 2. The normalized spacial score (nSPS) is 16.8. The number of aromatic nitrogens is 2. The van der Waals surface area contributed by atoms with E-state index in [0.717, 1.165) is 12.1 Å². The highest BCUT2D eigenvalue weighted by atomic mass is 16.4. The molecule has 0 amide bonds. The van der Waals surface area contributed by atoms with Gasteiger partial charge in [0.15, 0.2) is 5.69 Å². The van der Waals surface area contributed by atoms with E-state index in [9.17, 15) is 4.79 Å². The molecule has 0 radical (unpaired) electrons. The Kier molecular flexibility index (Phi) is 2.48. The summed E-state index contributed by atoms with van der Waals surface area (Å²) in [5.74, 6) is -0.805. The zero-order valence-corrected chi connectivity index (χ0v) is 9.63. The van der Waals surface area contributed by atoms with Crippen molar-refractivity contribution in [3.8, 4) is 0 Å². The second-order valence-electron chi connectivity index (χ2n) is 4.36. The first-order chi connectivity index (χ1) is 8.75. The van der Waals surface area contributed by atoms with E-state index in [1.807, 2.05) is 30.4 Å². The molecule has 3 rings (SSSR count).